The van der Waals surface area contributed by atoms with E-state index in [-0.39, 0.29) is 12.0 Å². The first-order chi connectivity index (χ1) is 12.2. The molecule has 3 rings (SSSR count). The van der Waals surface area contributed by atoms with E-state index in [1.54, 1.807) is 7.11 Å². The van der Waals surface area contributed by atoms with Gasteiger partial charge < -0.3 is 19.7 Å². The van der Waals surface area contributed by atoms with Crippen LogP contribution < -0.4 is 10.2 Å². The molecule has 25 heavy (non-hydrogen) atoms. The van der Waals surface area contributed by atoms with Gasteiger partial charge in [-0.2, -0.15) is 0 Å². The number of hydrogen-bond donors (Lipinski definition) is 1. The SMILES string of the molecule is COCc1ccccc1C(=O)Nc1ccc(N2CCO[C@H](C)C2)cc1. The Kier molecular flexibility index (Phi) is 5.68. The van der Waals surface area contributed by atoms with Crippen LogP contribution in [0.4, 0.5) is 11.4 Å². The molecular formula is C20H24N2O3. The quantitative estimate of drug-likeness (QED) is 0.907. The molecule has 1 fully saturated rings. The zero-order valence-electron chi connectivity index (χ0n) is 14.7. The minimum atomic E-state index is -0.125. The molecule has 0 radical (unpaired) electrons. The number of carbonyl (C=O) groups excluding carboxylic acids is 1. The van der Waals surface area contributed by atoms with Gasteiger partial charge in [-0.3, -0.25) is 4.79 Å². The lowest BCUT2D eigenvalue weighted by Crippen LogP contribution is -2.41. The highest BCUT2D eigenvalue weighted by atomic mass is 16.5. The summed E-state index contributed by atoms with van der Waals surface area (Å²) in [6.45, 7) is 5.02. The van der Waals surface area contributed by atoms with E-state index in [1.165, 1.54) is 0 Å². The van der Waals surface area contributed by atoms with Gasteiger partial charge in [0.25, 0.3) is 5.91 Å². The second-order valence-electron chi connectivity index (χ2n) is 6.22. The maximum atomic E-state index is 12.5. The van der Waals surface area contributed by atoms with Gasteiger partial charge >= 0.3 is 0 Å². The fourth-order valence-corrected chi connectivity index (χ4v) is 3.03. The number of methoxy groups -OCH3 is 1. The first kappa shape index (κ1) is 17.5. The van der Waals surface area contributed by atoms with E-state index in [0.29, 0.717) is 12.2 Å². The molecule has 0 bridgehead atoms. The number of ether oxygens (including phenoxy) is 2. The topological polar surface area (TPSA) is 50.8 Å². The molecule has 0 aromatic heterocycles. The van der Waals surface area contributed by atoms with Gasteiger partial charge in [0.1, 0.15) is 0 Å². The molecule has 5 heteroatoms. The largest absolute Gasteiger partial charge is 0.380 e. The molecule has 1 heterocycles. The first-order valence-corrected chi connectivity index (χ1v) is 8.52. The third kappa shape index (κ3) is 4.38. The molecule has 1 N–H and O–H groups in total. The van der Waals surface area contributed by atoms with Gasteiger partial charge in [0, 0.05) is 37.1 Å². The van der Waals surface area contributed by atoms with Crippen LogP contribution >= 0.6 is 0 Å². The van der Waals surface area contributed by atoms with Crippen molar-refractivity contribution in [2.45, 2.75) is 19.6 Å². The average Bonchev–Trinajstić information content (AvgIpc) is 2.63. The molecule has 5 nitrogen and oxygen atoms in total. The summed E-state index contributed by atoms with van der Waals surface area (Å²) in [4.78, 5) is 14.8. The van der Waals surface area contributed by atoms with E-state index < -0.39 is 0 Å². The summed E-state index contributed by atoms with van der Waals surface area (Å²) in [6.07, 6.45) is 0.241. The van der Waals surface area contributed by atoms with Crippen molar-refractivity contribution in [3.05, 3.63) is 59.7 Å². The van der Waals surface area contributed by atoms with Crippen molar-refractivity contribution >= 4 is 17.3 Å². The van der Waals surface area contributed by atoms with Crippen LogP contribution in [0.25, 0.3) is 0 Å². The third-order valence-electron chi connectivity index (χ3n) is 4.29. The summed E-state index contributed by atoms with van der Waals surface area (Å²) >= 11 is 0. The summed E-state index contributed by atoms with van der Waals surface area (Å²) in [5, 5.41) is 2.96. The number of nitrogens with one attached hydrogen (secondary N) is 1. The van der Waals surface area contributed by atoms with Crippen LogP contribution in [0.1, 0.15) is 22.8 Å². The fraction of sp³-hybridized carbons (Fsp3) is 0.350. The lowest BCUT2D eigenvalue weighted by Gasteiger charge is -2.33. The highest BCUT2D eigenvalue weighted by Gasteiger charge is 2.17. The first-order valence-electron chi connectivity index (χ1n) is 8.52. The van der Waals surface area contributed by atoms with Gasteiger partial charge in [-0.1, -0.05) is 18.2 Å². The van der Waals surface area contributed by atoms with Crippen LogP contribution in [0.3, 0.4) is 0 Å². The highest BCUT2D eigenvalue weighted by Crippen LogP contribution is 2.21. The molecule has 1 amide bonds. The molecule has 1 saturated heterocycles. The summed E-state index contributed by atoms with van der Waals surface area (Å²) in [7, 11) is 1.62. The predicted molar refractivity (Wildman–Crippen MR) is 99.2 cm³/mol. The Balaban J connectivity index is 1.68. The van der Waals surface area contributed by atoms with Gasteiger partial charge in [-0.05, 0) is 42.8 Å². The monoisotopic (exact) mass is 340 g/mol. The van der Waals surface area contributed by atoms with Crippen molar-refractivity contribution in [1.82, 2.24) is 0 Å². The number of morpholine rings is 1. The van der Waals surface area contributed by atoms with Crippen LogP contribution in [0.15, 0.2) is 48.5 Å². The standard InChI is InChI=1S/C20H24N2O3/c1-15-13-22(11-12-25-15)18-9-7-17(8-10-18)21-20(23)19-6-4-3-5-16(19)14-24-2/h3-10,15H,11-14H2,1-2H3,(H,21,23)/t15-/m1/s1. The zero-order chi connectivity index (χ0) is 17.6. The van der Waals surface area contributed by atoms with Gasteiger partial charge in [0.05, 0.1) is 19.3 Å². The summed E-state index contributed by atoms with van der Waals surface area (Å²) < 4.78 is 10.7. The third-order valence-corrected chi connectivity index (χ3v) is 4.29. The molecule has 132 valence electrons. The second-order valence-corrected chi connectivity index (χ2v) is 6.22. The van der Waals surface area contributed by atoms with Crippen molar-refractivity contribution in [2.24, 2.45) is 0 Å². The summed E-state index contributed by atoms with van der Waals surface area (Å²) in [6, 6.07) is 15.4. The van der Waals surface area contributed by atoms with E-state index in [1.807, 2.05) is 48.5 Å². The van der Waals surface area contributed by atoms with Crippen LogP contribution in [-0.2, 0) is 16.1 Å². The molecule has 2 aromatic rings. The Bertz CT molecular complexity index is 715. The van der Waals surface area contributed by atoms with Crippen LogP contribution in [0.2, 0.25) is 0 Å². The van der Waals surface area contributed by atoms with E-state index >= 15 is 0 Å². The zero-order valence-corrected chi connectivity index (χ0v) is 14.7. The molecular weight excluding hydrogens is 316 g/mol. The van der Waals surface area contributed by atoms with E-state index in [2.05, 4.69) is 17.1 Å². The Labute approximate surface area is 148 Å². The van der Waals surface area contributed by atoms with Crippen molar-refractivity contribution in [3.63, 3.8) is 0 Å². The lowest BCUT2D eigenvalue weighted by molar-refractivity contribution is 0.0532. The maximum Gasteiger partial charge on any atom is 0.256 e. The molecule has 1 aliphatic rings. The molecule has 0 saturated carbocycles. The Morgan fingerprint density at radius 3 is 2.72 bits per heavy atom. The molecule has 1 aliphatic heterocycles. The summed E-state index contributed by atoms with van der Waals surface area (Å²) in [5.41, 5.74) is 3.44. The minimum Gasteiger partial charge on any atom is -0.380 e. The number of nitrogens with zero attached hydrogens (tertiary/aromatic N) is 1. The normalized spacial score (nSPS) is 17.4. The molecule has 1 atom stereocenters. The van der Waals surface area contributed by atoms with E-state index in [9.17, 15) is 4.79 Å². The number of carbonyl (C=O) groups is 1. The molecule has 2 aromatic carbocycles. The van der Waals surface area contributed by atoms with Crippen LogP contribution in [0.5, 0.6) is 0 Å². The van der Waals surface area contributed by atoms with Crippen molar-refractivity contribution in [1.29, 1.82) is 0 Å². The molecule has 0 aliphatic carbocycles. The number of amides is 1. The van der Waals surface area contributed by atoms with Crippen LogP contribution in [-0.4, -0.2) is 38.8 Å². The number of anilines is 2. The van der Waals surface area contributed by atoms with Crippen molar-refractivity contribution < 1.29 is 14.3 Å². The van der Waals surface area contributed by atoms with Crippen LogP contribution in [0, 0.1) is 0 Å². The fourth-order valence-electron chi connectivity index (χ4n) is 3.03. The summed E-state index contributed by atoms with van der Waals surface area (Å²) in [5.74, 6) is -0.125. The Morgan fingerprint density at radius 1 is 1.24 bits per heavy atom. The predicted octanol–water partition coefficient (Wildman–Crippen LogP) is 3.31. The Hall–Kier alpha value is -2.37. The Morgan fingerprint density at radius 2 is 2.00 bits per heavy atom. The maximum absolute atomic E-state index is 12.5. The van der Waals surface area contributed by atoms with Crippen molar-refractivity contribution in [3.8, 4) is 0 Å². The van der Waals surface area contributed by atoms with Gasteiger partial charge in [-0.15, -0.1) is 0 Å². The average molecular weight is 340 g/mol. The van der Waals surface area contributed by atoms with Gasteiger partial charge in [0.15, 0.2) is 0 Å². The number of rotatable bonds is 5. The van der Waals surface area contributed by atoms with Gasteiger partial charge in [-0.25, -0.2) is 0 Å². The number of benzene rings is 2. The van der Waals surface area contributed by atoms with E-state index in [4.69, 9.17) is 9.47 Å². The van der Waals surface area contributed by atoms with E-state index in [0.717, 1.165) is 36.6 Å². The van der Waals surface area contributed by atoms with Crippen molar-refractivity contribution in [2.75, 3.05) is 37.0 Å². The smallest absolute Gasteiger partial charge is 0.256 e. The highest BCUT2D eigenvalue weighted by molar-refractivity contribution is 6.05. The number of hydrogen-bond acceptors (Lipinski definition) is 4. The van der Waals surface area contributed by atoms with Gasteiger partial charge in [0.2, 0.25) is 0 Å². The second kappa shape index (κ2) is 8.14. The molecule has 0 unspecified atom stereocenters. The lowest BCUT2D eigenvalue weighted by atomic mass is 10.1. The molecule has 0 spiro atoms. The minimum absolute atomic E-state index is 0.125.